The molecule has 0 radical (unpaired) electrons. The Kier molecular flexibility index (Phi) is 6.05. The third-order valence-electron chi connectivity index (χ3n) is 5.41. The lowest BCUT2D eigenvalue weighted by Crippen LogP contribution is -2.41. The molecular formula is C22H22ClN5O3S. The summed E-state index contributed by atoms with van der Waals surface area (Å²) >= 11 is 6.21. The number of hydrogen-bond donors (Lipinski definition) is 3. The molecule has 1 amide bonds. The number of fused-ring (bicyclic) bond motifs is 1. The average Bonchev–Trinajstić information content (AvgIpc) is 3.10. The fourth-order valence-electron chi connectivity index (χ4n) is 3.79. The summed E-state index contributed by atoms with van der Waals surface area (Å²) in [5, 5.41) is 5.19. The summed E-state index contributed by atoms with van der Waals surface area (Å²) in [6.45, 7) is 0.826. The van der Waals surface area contributed by atoms with Gasteiger partial charge in [0.15, 0.2) is 0 Å². The number of nitrogens with zero attached hydrogens (tertiary/aromatic N) is 2. The highest BCUT2D eigenvalue weighted by Gasteiger charge is 2.35. The molecule has 0 unspecified atom stereocenters. The number of carbonyl (C=O) groups excluding carboxylic acids is 1. The van der Waals surface area contributed by atoms with Gasteiger partial charge in [0.1, 0.15) is 6.04 Å². The second-order valence-corrected chi connectivity index (χ2v) is 9.69. The number of likely N-dealkylation sites (tertiary alicyclic amines) is 1. The first-order valence-corrected chi connectivity index (χ1v) is 11.8. The van der Waals surface area contributed by atoms with Crippen molar-refractivity contribution in [1.29, 1.82) is 0 Å². The van der Waals surface area contributed by atoms with E-state index in [1.807, 2.05) is 24.3 Å². The van der Waals surface area contributed by atoms with Gasteiger partial charge in [-0.25, -0.2) is 8.42 Å². The molecule has 1 saturated heterocycles. The third kappa shape index (κ3) is 4.40. The molecule has 0 aromatic heterocycles. The van der Waals surface area contributed by atoms with Crippen LogP contribution >= 0.6 is 11.6 Å². The van der Waals surface area contributed by atoms with Crippen LogP contribution < -0.4 is 16.3 Å². The lowest BCUT2D eigenvalue weighted by atomic mass is 10.1. The van der Waals surface area contributed by atoms with Crippen molar-refractivity contribution in [3.05, 3.63) is 70.7 Å². The van der Waals surface area contributed by atoms with Crippen molar-refractivity contribution in [1.82, 2.24) is 9.62 Å². The minimum absolute atomic E-state index is 0.0610. The van der Waals surface area contributed by atoms with Crippen molar-refractivity contribution in [2.24, 2.45) is 10.9 Å². The van der Waals surface area contributed by atoms with E-state index < -0.39 is 16.1 Å². The van der Waals surface area contributed by atoms with Crippen LogP contribution in [0.15, 0.2) is 64.6 Å². The minimum atomic E-state index is -3.90. The molecule has 8 nitrogen and oxygen atoms in total. The molecule has 166 valence electrons. The zero-order valence-electron chi connectivity index (χ0n) is 17.0. The predicted molar refractivity (Wildman–Crippen MR) is 126 cm³/mol. The summed E-state index contributed by atoms with van der Waals surface area (Å²) in [6, 6.07) is 14.6. The smallest absolute Gasteiger partial charge is 0.241 e. The molecule has 1 atom stereocenters. The van der Waals surface area contributed by atoms with Gasteiger partial charge in [0.05, 0.1) is 21.8 Å². The van der Waals surface area contributed by atoms with Gasteiger partial charge >= 0.3 is 0 Å². The number of nitrogen functional groups attached to an aromatic ring is 1. The van der Waals surface area contributed by atoms with E-state index >= 15 is 0 Å². The summed E-state index contributed by atoms with van der Waals surface area (Å²) in [5.41, 5.74) is 7.96. The third-order valence-corrected chi connectivity index (χ3v) is 7.30. The summed E-state index contributed by atoms with van der Waals surface area (Å²) in [4.78, 5) is 14.5. The number of nitrogens with one attached hydrogen (secondary N) is 1. The quantitative estimate of drug-likeness (QED) is 0.220. The van der Waals surface area contributed by atoms with E-state index in [4.69, 9.17) is 23.2 Å². The van der Waals surface area contributed by atoms with Gasteiger partial charge in [-0.2, -0.15) is 9.82 Å². The van der Waals surface area contributed by atoms with E-state index in [0.29, 0.717) is 41.0 Å². The molecule has 3 aromatic carbocycles. The molecule has 5 N–H and O–H groups in total. The lowest BCUT2D eigenvalue weighted by Gasteiger charge is -2.18. The van der Waals surface area contributed by atoms with Crippen molar-refractivity contribution in [2.75, 3.05) is 12.3 Å². The van der Waals surface area contributed by atoms with Crippen molar-refractivity contribution < 1.29 is 13.2 Å². The first kappa shape index (κ1) is 22.1. The number of hydrazone groups is 1. The number of hydrogen-bond acceptors (Lipinski definition) is 6. The topological polar surface area (TPSA) is 131 Å². The van der Waals surface area contributed by atoms with Crippen molar-refractivity contribution in [3.8, 4) is 0 Å². The van der Waals surface area contributed by atoms with E-state index in [9.17, 15) is 13.2 Å². The SMILES string of the molecule is NN=Cc1cccc(CN2CC[C@H](NS(=O)(=O)c3ccc4c(Cl)c(N)ccc4c3)C2=O)c1. The highest BCUT2D eigenvalue weighted by Crippen LogP contribution is 2.30. The van der Waals surface area contributed by atoms with Crippen molar-refractivity contribution in [3.63, 3.8) is 0 Å². The Balaban J connectivity index is 1.49. The number of halogens is 1. The lowest BCUT2D eigenvalue weighted by molar-refractivity contribution is -0.129. The van der Waals surface area contributed by atoms with Crippen LogP contribution in [0.2, 0.25) is 5.02 Å². The second kappa shape index (κ2) is 8.78. The fraction of sp³-hybridized carbons (Fsp3) is 0.182. The summed E-state index contributed by atoms with van der Waals surface area (Å²) in [7, 11) is -3.90. The van der Waals surface area contributed by atoms with Crippen LogP contribution in [0.3, 0.4) is 0 Å². The van der Waals surface area contributed by atoms with E-state index in [1.165, 1.54) is 18.3 Å². The van der Waals surface area contributed by atoms with E-state index in [0.717, 1.165) is 11.1 Å². The number of sulfonamides is 1. The van der Waals surface area contributed by atoms with Crippen LogP contribution in [0.4, 0.5) is 5.69 Å². The van der Waals surface area contributed by atoms with Gasteiger partial charge < -0.3 is 16.5 Å². The van der Waals surface area contributed by atoms with E-state index in [2.05, 4.69) is 9.82 Å². The number of nitrogens with two attached hydrogens (primary N) is 2. The molecule has 4 rings (SSSR count). The Morgan fingerprint density at radius 2 is 2.00 bits per heavy atom. The Labute approximate surface area is 190 Å². The second-order valence-electron chi connectivity index (χ2n) is 7.60. The van der Waals surface area contributed by atoms with Gasteiger partial charge in [0.2, 0.25) is 15.9 Å². The fourth-order valence-corrected chi connectivity index (χ4v) is 5.29. The zero-order chi connectivity index (χ0) is 22.9. The molecule has 1 fully saturated rings. The Morgan fingerprint density at radius 3 is 2.78 bits per heavy atom. The van der Waals surface area contributed by atoms with Gasteiger partial charge in [-0.05, 0) is 47.2 Å². The minimum Gasteiger partial charge on any atom is -0.398 e. The standard InChI is InChI=1S/C22H22ClN5O3S/c23-21-18-6-5-17(11-16(18)4-7-19(21)24)32(30,31)27-20-8-9-28(22(20)29)13-15-3-1-2-14(10-15)12-26-25/h1-7,10-12,20,27H,8-9,13,24-25H2/t20-/m0/s1. The Morgan fingerprint density at radius 1 is 1.19 bits per heavy atom. The highest BCUT2D eigenvalue weighted by atomic mass is 35.5. The molecule has 0 bridgehead atoms. The molecule has 1 heterocycles. The van der Waals surface area contributed by atoms with Gasteiger partial charge in [-0.1, -0.05) is 41.9 Å². The number of benzene rings is 3. The van der Waals surface area contributed by atoms with Crippen LogP contribution in [0.1, 0.15) is 17.5 Å². The van der Waals surface area contributed by atoms with Crippen molar-refractivity contribution >= 4 is 50.2 Å². The van der Waals surface area contributed by atoms with Gasteiger partial charge in [0, 0.05) is 18.5 Å². The van der Waals surface area contributed by atoms with Crippen LogP contribution in [0.25, 0.3) is 10.8 Å². The number of anilines is 1. The monoisotopic (exact) mass is 471 g/mol. The predicted octanol–water partition coefficient (Wildman–Crippen LogP) is 2.45. The maximum absolute atomic E-state index is 12.9. The van der Waals surface area contributed by atoms with Crippen LogP contribution in [0, 0.1) is 0 Å². The number of rotatable bonds is 6. The van der Waals surface area contributed by atoms with Gasteiger partial charge in [-0.3, -0.25) is 4.79 Å². The number of carbonyl (C=O) groups is 1. The van der Waals surface area contributed by atoms with E-state index in [1.54, 1.807) is 23.1 Å². The molecule has 1 aliphatic rings. The molecule has 0 aliphatic carbocycles. The molecule has 0 spiro atoms. The average molecular weight is 472 g/mol. The molecule has 0 saturated carbocycles. The summed E-state index contributed by atoms with van der Waals surface area (Å²) in [5.74, 6) is 4.93. The Bertz CT molecular complexity index is 1330. The van der Waals surface area contributed by atoms with Crippen LogP contribution in [0.5, 0.6) is 0 Å². The normalized spacial score (nSPS) is 17.0. The maximum Gasteiger partial charge on any atom is 0.241 e. The molecular weight excluding hydrogens is 450 g/mol. The van der Waals surface area contributed by atoms with Crippen molar-refractivity contribution in [2.45, 2.75) is 23.9 Å². The Hall–Kier alpha value is -3.14. The maximum atomic E-state index is 12.9. The molecule has 32 heavy (non-hydrogen) atoms. The number of amides is 1. The van der Waals surface area contributed by atoms with Gasteiger partial charge in [-0.15, -0.1) is 0 Å². The molecule has 3 aromatic rings. The summed E-state index contributed by atoms with van der Waals surface area (Å²) < 4.78 is 28.4. The first-order valence-electron chi connectivity index (χ1n) is 9.89. The summed E-state index contributed by atoms with van der Waals surface area (Å²) in [6.07, 6.45) is 1.91. The highest BCUT2D eigenvalue weighted by molar-refractivity contribution is 7.89. The molecule has 1 aliphatic heterocycles. The first-order chi connectivity index (χ1) is 15.3. The molecule has 10 heteroatoms. The largest absolute Gasteiger partial charge is 0.398 e. The van der Waals surface area contributed by atoms with Crippen LogP contribution in [-0.2, 0) is 21.4 Å². The zero-order valence-corrected chi connectivity index (χ0v) is 18.6. The van der Waals surface area contributed by atoms with Crippen LogP contribution in [-0.4, -0.2) is 38.0 Å². The van der Waals surface area contributed by atoms with Gasteiger partial charge in [0.25, 0.3) is 0 Å². The van der Waals surface area contributed by atoms with E-state index in [-0.39, 0.29) is 10.8 Å².